The number of ether oxygens (including phenoxy) is 2. The molecule has 0 aliphatic rings. The van der Waals surface area contributed by atoms with Crippen LogP contribution >= 0.6 is 15.9 Å². The van der Waals surface area contributed by atoms with Gasteiger partial charge in [-0.05, 0) is 60.1 Å². The van der Waals surface area contributed by atoms with Crippen molar-refractivity contribution in [1.29, 1.82) is 0 Å². The lowest BCUT2D eigenvalue weighted by Crippen LogP contribution is -2.36. The topological polar surface area (TPSA) is 90.8 Å². The summed E-state index contributed by atoms with van der Waals surface area (Å²) in [5, 5.41) is 4.01. The van der Waals surface area contributed by atoms with Crippen LogP contribution in [0.15, 0.2) is 43.9 Å². The maximum Gasteiger partial charge on any atom is 0.290 e. The van der Waals surface area contributed by atoms with Crippen molar-refractivity contribution in [2.75, 3.05) is 14.2 Å². The standard InChI is InChI=1S/C19H20BrN3O5/c1-11(2)23(19(24)14-7-8-16(20)27-14)10-17-21-18(22-28-17)12-5-6-13(25-3)15(9-12)26-4/h5-9,11H,10H2,1-4H3. The molecule has 1 amide bonds. The van der Waals surface area contributed by atoms with Gasteiger partial charge in [-0.2, -0.15) is 4.98 Å². The molecule has 1 aromatic carbocycles. The van der Waals surface area contributed by atoms with Crippen LogP contribution in [0.5, 0.6) is 11.5 Å². The predicted octanol–water partition coefficient (Wildman–Crippen LogP) is 4.16. The highest BCUT2D eigenvalue weighted by Gasteiger charge is 2.24. The maximum atomic E-state index is 12.7. The molecular weight excluding hydrogens is 430 g/mol. The second-order valence-electron chi connectivity index (χ2n) is 6.21. The van der Waals surface area contributed by atoms with Gasteiger partial charge >= 0.3 is 0 Å². The molecule has 3 aromatic rings. The van der Waals surface area contributed by atoms with Crippen LogP contribution in [0.1, 0.15) is 30.3 Å². The molecule has 0 unspecified atom stereocenters. The highest BCUT2D eigenvalue weighted by Crippen LogP contribution is 2.31. The number of hydrogen-bond acceptors (Lipinski definition) is 7. The smallest absolute Gasteiger partial charge is 0.290 e. The molecule has 0 aliphatic heterocycles. The van der Waals surface area contributed by atoms with E-state index in [9.17, 15) is 4.79 Å². The van der Waals surface area contributed by atoms with Crippen molar-refractivity contribution in [2.45, 2.75) is 26.4 Å². The minimum absolute atomic E-state index is 0.0900. The summed E-state index contributed by atoms with van der Waals surface area (Å²) in [7, 11) is 3.13. The maximum absolute atomic E-state index is 12.7. The molecule has 0 bridgehead atoms. The molecule has 0 radical (unpaired) electrons. The summed E-state index contributed by atoms with van der Waals surface area (Å²) in [5.74, 6) is 1.86. The van der Waals surface area contributed by atoms with Crippen LogP contribution in [0.3, 0.4) is 0 Å². The first-order valence-corrected chi connectivity index (χ1v) is 9.33. The number of amides is 1. The lowest BCUT2D eigenvalue weighted by Gasteiger charge is -2.23. The molecule has 148 valence electrons. The van der Waals surface area contributed by atoms with E-state index in [0.717, 1.165) is 0 Å². The van der Waals surface area contributed by atoms with Gasteiger partial charge < -0.3 is 23.3 Å². The Bertz CT molecular complexity index is 966. The minimum atomic E-state index is -0.258. The van der Waals surface area contributed by atoms with Gasteiger partial charge in [0.25, 0.3) is 5.91 Å². The van der Waals surface area contributed by atoms with Crippen LogP contribution in [-0.2, 0) is 6.54 Å². The Balaban J connectivity index is 1.81. The third-order valence-corrected chi connectivity index (χ3v) is 4.51. The van der Waals surface area contributed by atoms with Gasteiger partial charge in [-0.25, -0.2) is 0 Å². The Hall–Kier alpha value is -2.81. The highest BCUT2D eigenvalue weighted by atomic mass is 79.9. The van der Waals surface area contributed by atoms with Crippen molar-refractivity contribution in [3.8, 4) is 22.9 Å². The van der Waals surface area contributed by atoms with Gasteiger partial charge in [0, 0.05) is 11.6 Å². The van der Waals surface area contributed by atoms with Crippen molar-refractivity contribution < 1.29 is 23.2 Å². The molecule has 0 spiro atoms. The van der Waals surface area contributed by atoms with Gasteiger partial charge in [-0.1, -0.05) is 5.16 Å². The van der Waals surface area contributed by atoms with Gasteiger partial charge in [-0.15, -0.1) is 0 Å². The van der Waals surface area contributed by atoms with Gasteiger partial charge in [0.2, 0.25) is 11.7 Å². The largest absolute Gasteiger partial charge is 0.493 e. The third-order valence-electron chi connectivity index (χ3n) is 4.08. The summed E-state index contributed by atoms with van der Waals surface area (Å²) in [4.78, 5) is 18.7. The van der Waals surface area contributed by atoms with Crippen molar-refractivity contribution in [3.63, 3.8) is 0 Å². The number of hydrogen-bond donors (Lipinski definition) is 0. The van der Waals surface area contributed by atoms with E-state index in [1.165, 1.54) is 0 Å². The second-order valence-corrected chi connectivity index (χ2v) is 6.99. The Kier molecular flexibility index (Phi) is 6.03. The van der Waals surface area contributed by atoms with Gasteiger partial charge in [0.1, 0.15) is 6.54 Å². The fourth-order valence-corrected chi connectivity index (χ4v) is 2.92. The number of aromatic nitrogens is 2. The molecule has 0 saturated carbocycles. The number of nitrogens with zero attached hydrogens (tertiary/aromatic N) is 3. The molecule has 2 aromatic heterocycles. The van der Waals surface area contributed by atoms with Crippen LogP contribution in [0.25, 0.3) is 11.4 Å². The number of methoxy groups -OCH3 is 2. The van der Waals surface area contributed by atoms with E-state index in [0.29, 0.717) is 33.4 Å². The lowest BCUT2D eigenvalue weighted by molar-refractivity contribution is 0.0633. The molecule has 8 nitrogen and oxygen atoms in total. The zero-order valence-electron chi connectivity index (χ0n) is 15.9. The van der Waals surface area contributed by atoms with E-state index in [-0.39, 0.29) is 24.3 Å². The SMILES string of the molecule is COc1ccc(-c2noc(CN(C(=O)c3ccc(Br)o3)C(C)C)n2)cc1OC. The molecule has 0 saturated heterocycles. The summed E-state index contributed by atoms with van der Waals surface area (Å²) >= 11 is 3.21. The fraction of sp³-hybridized carbons (Fsp3) is 0.316. The van der Waals surface area contributed by atoms with E-state index in [1.807, 2.05) is 19.9 Å². The van der Waals surface area contributed by atoms with Crippen molar-refractivity contribution in [3.05, 3.63) is 46.7 Å². The van der Waals surface area contributed by atoms with Crippen LogP contribution in [0.4, 0.5) is 0 Å². The van der Waals surface area contributed by atoms with Crippen molar-refractivity contribution in [1.82, 2.24) is 15.0 Å². The molecule has 9 heteroatoms. The summed E-state index contributed by atoms with van der Waals surface area (Å²) in [6.07, 6.45) is 0. The van der Waals surface area contributed by atoms with Crippen LogP contribution < -0.4 is 9.47 Å². The fourth-order valence-electron chi connectivity index (χ4n) is 2.62. The molecule has 3 rings (SSSR count). The van der Waals surface area contributed by atoms with Crippen LogP contribution in [-0.4, -0.2) is 41.2 Å². The number of halogens is 1. The minimum Gasteiger partial charge on any atom is -0.493 e. The number of furan rings is 1. The molecule has 0 aliphatic carbocycles. The average Bonchev–Trinajstić information content (AvgIpc) is 3.33. The zero-order chi connectivity index (χ0) is 20.3. The average molecular weight is 450 g/mol. The Labute approximate surface area is 170 Å². The summed E-state index contributed by atoms with van der Waals surface area (Å²) in [5.41, 5.74) is 0.713. The van der Waals surface area contributed by atoms with E-state index in [4.69, 9.17) is 18.4 Å². The molecule has 2 heterocycles. The zero-order valence-corrected chi connectivity index (χ0v) is 17.5. The first-order chi connectivity index (χ1) is 13.4. The molecule has 28 heavy (non-hydrogen) atoms. The number of rotatable bonds is 7. The molecule has 0 atom stereocenters. The molecular formula is C19H20BrN3O5. The monoisotopic (exact) mass is 449 g/mol. The Morgan fingerprint density at radius 3 is 2.54 bits per heavy atom. The summed E-state index contributed by atoms with van der Waals surface area (Å²) < 4.78 is 21.8. The summed E-state index contributed by atoms with van der Waals surface area (Å²) in [6.45, 7) is 3.97. The van der Waals surface area contributed by atoms with Crippen LogP contribution in [0, 0.1) is 0 Å². The number of benzene rings is 1. The van der Waals surface area contributed by atoms with E-state index >= 15 is 0 Å². The molecule has 0 fully saturated rings. The quantitative estimate of drug-likeness (QED) is 0.534. The molecule has 0 N–H and O–H groups in total. The number of carbonyl (C=O) groups excluding carboxylic acids is 1. The normalized spacial score (nSPS) is 10.9. The van der Waals surface area contributed by atoms with E-state index < -0.39 is 0 Å². The van der Waals surface area contributed by atoms with Crippen molar-refractivity contribution >= 4 is 21.8 Å². The first kappa shape index (κ1) is 19.9. The van der Waals surface area contributed by atoms with E-state index in [2.05, 4.69) is 26.1 Å². The third kappa shape index (κ3) is 4.19. The predicted molar refractivity (Wildman–Crippen MR) is 104 cm³/mol. The van der Waals surface area contributed by atoms with Gasteiger partial charge in [0.05, 0.1) is 14.2 Å². The Morgan fingerprint density at radius 2 is 1.93 bits per heavy atom. The van der Waals surface area contributed by atoms with Crippen molar-refractivity contribution in [2.24, 2.45) is 0 Å². The van der Waals surface area contributed by atoms with Gasteiger partial charge in [0.15, 0.2) is 21.9 Å². The lowest BCUT2D eigenvalue weighted by atomic mass is 10.2. The summed E-state index contributed by atoms with van der Waals surface area (Å²) in [6, 6.07) is 8.54. The van der Waals surface area contributed by atoms with E-state index in [1.54, 1.807) is 43.4 Å². The Morgan fingerprint density at radius 1 is 1.18 bits per heavy atom. The highest BCUT2D eigenvalue weighted by molar-refractivity contribution is 9.10. The van der Waals surface area contributed by atoms with Gasteiger partial charge in [-0.3, -0.25) is 4.79 Å². The first-order valence-electron chi connectivity index (χ1n) is 8.54. The number of carbonyl (C=O) groups is 1. The van der Waals surface area contributed by atoms with Crippen LogP contribution in [0.2, 0.25) is 0 Å². The second kappa shape index (κ2) is 8.47.